The second-order valence-electron chi connectivity index (χ2n) is 10.8. The zero-order valence-electron chi connectivity index (χ0n) is 22.6. The van der Waals surface area contributed by atoms with E-state index in [1.807, 2.05) is 36.4 Å². The fourth-order valence-electron chi connectivity index (χ4n) is 5.10. The van der Waals surface area contributed by atoms with Crippen molar-refractivity contribution >= 4 is 23.9 Å². The summed E-state index contributed by atoms with van der Waals surface area (Å²) in [6, 6.07) is 21.7. The van der Waals surface area contributed by atoms with E-state index >= 15 is 0 Å². The van der Waals surface area contributed by atoms with Crippen LogP contribution < -0.4 is 10.7 Å². The number of imide groups is 1. The first-order valence-corrected chi connectivity index (χ1v) is 13.2. The topological polar surface area (TPSA) is 114 Å². The molecule has 1 aliphatic carbocycles. The number of benzene rings is 3. The normalized spacial score (nSPS) is 14.8. The zero-order valence-corrected chi connectivity index (χ0v) is 22.6. The summed E-state index contributed by atoms with van der Waals surface area (Å²) in [5, 5.41) is 3.60. The largest absolute Gasteiger partial charge is 0.460 e. The molecule has 0 spiro atoms. The van der Waals surface area contributed by atoms with Crippen molar-refractivity contribution in [2.75, 3.05) is 13.2 Å². The number of alkyl carbamates (subject to hydrolysis) is 1. The van der Waals surface area contributed by atoms with E-state index in [9.17, 15) is 19.2 Å². The molecule has 0 unspecified atom stereocenters. The summed E-state index contributed by atoms with van der Waals surface area (Å²) in [6.07, 6.45) is -0.919. The van der Waals surface area contributed by atoms with Gasteiger partial charge in [0.25, 0.3) is 11.8 Å². The van der Waals surface area contributed by atoms with E-state index in [1.54, 1.807) is 45.0 Å². The van der Waals surface area contributed by atoms with Crippen molar-refractivity contribution in [3.05, 3.63) is 95.1 Å². The molecule has 0 fully saturated rings. The molecular weight excluding hydrogens is 510 g/mol. The van der Waals surface area contributed by atoms with Gasteiger partial charge in [-0.2, -0.15) is 0 Å². The van der Waals surface area contributed by atoms with Gasteiger partial charge in [0.05, 0.1) is 23.6 Å². The van der Waals surface area contributed by atoms with Crippen LogP contribution in [0, 0.1) is 0 Å². The molecule has 0 saturated carbocycles. The maximum absolute atomic E-state index is 12.9. The highest BCUT2D eigenvalue weighted by molar-refractivity contribution is 6.20. The van der Waals surface area contributed by atoms with Crippen LogP contribution in [0.3, 0.4) is 0 Å². The predicted octanol–water partition coefficient (Wildman–Crippen LogP) is 4.43. The molecule has 0 bridgehead atoms. The molecule has 206 valence electrons. The van der Waals surface area contributed by atoms with E-state index in [-0.39, 0.29) is 36.6 Å². The fraction of sp³-hybridized carbons (Fsp3) is 0.290. The second kappa shape index (κ2) is 10.9. The first kappa shape index (κ1) is 27.1. The lowest BCUT2D eigenvalue weighted by molar-refractivity contribution is -0.155. The van der Waals surface area contributed by atoms with Crippen molar-refractivity contribution < 1.29 is 28.7 Å². The van der Waals surface area contributed by atoms with Crippen LogP contribution in [-0.4, -0.2) is 53.7 Å². The van der Waals surface area contributed by atoms with Crippen molar-refractivity contribution in [3.63, 3.8) is 0 Å². The van der Waals surface area contributed by atoms with E-state index in [0.717, 1.165) is 27.3 Å². The number of carbonyl (C=O) groups excluding carboxylic acids is 4. The van der Waals surface area contributed by atoms with Gasteiger partial charge in [-0.15, -0.1) is 0 Å². The Balaban J connectivity index is 1.25. The number of esters is 1. The third-order valence-corrected chi connectivity index (χ3v) is 6.79. The number of hydrogen-bond acceptors (Lipinski definition) is 7. The number of nitrogens with zero attached hydrogens (tertiary/aromatic N) is 1. The number of rotatable bonds is 8. The smallest absolute Gasteiger partial charge is 0.407 e. The van der Waals surface area contributed by atoms with Crippen LogP contribution in [-0.2, 0) is 14.3 Å². The maximum atomic E-state index is 12.9. The van der Waals surface area contributed by atoms with Gasteiger partial charge in [0.2, 0.25) is 0 Å². The number of ether oxygens (including phenoxy) is 2. The lowest BCUT2D eigenvalue weighted by Gasteiger charge is -2.25. The van der Waals surface area contributed by atoms with Crippen LogP contribution in [0.15, 0.2) is 72.8 Å². The van der Waals surface area contributed by atoms with Crippen LogP contribution in [0.5, 0.6) is 0 Å². The zero-order chi connectivity index (χ0) is 28.4. The van der Waals surface area contributed by atoms with Gasteiger partial charge < -0.3 is 14.8 Å². The van der Waals surface area contributed by atoms with Crippen LogP contribution in [0.2, 0.25) is 0 Å². The number of amides is 3. The Bertz CT molecular complexity index is 1400. The molecule has 3 aromatic rings. The van der Waals surface area contributed by atoms with E-state index < -0.39 is 35.5 Å². The van der Waals surface area contributed by atoms with Gasteiger partial charge in [-0.3, -0.25) is 14.4 Å². The molecular formula is C31H31N3O6. The Hall–Kier alpha value is -4.50. The van der Waals surface area contributed by atoms with E-state index in [2.05, 4.69) is 22.9 Å². The van der Waals surface area contributed by atoms with Gasteiger partial charge in [-0.05, 0) is 55.2 Å². The first-order chi connectivity index (χ1) is 19.1. The minimum atomic E-state index is -0.824. The standard InChI is InChI=1S/C31H31N3O6/c1-31(2,3)40-27(35)16-19(17-32-34-28(36)24-14-8-9-15-25(24)29(34)37)33-30(38)39-18-26-22-12-6-4-10-20(22)21-11-5-7-13-23(21)26/h4-15,19,26,32H,16-18H2,1-3H3,(H,33,38)/t19-/m0/s1. The second-order valence-corrected chi connectivity index (χ2v) is 10.8. The molecule has 3 aromatic carbocycles. The Morgan fingerprint density at radius 1 is 0.825 bits per heavy atom. The minimum absolute atomic E-state index is 0.0884. The molecule has 5 rings (SSSR count). The van der Waals surface area contributed by atoms with E-state index in [4.69, 9.17) is 9.47 Å². The van der Waals surface area contributed by atoms with Crippen LogP contribution in [0.4, 0.5) is 4.79 Å². The highest BCUT2D eigenvalue weighted by Gasteiger charge is 2.36. The van der Waals surface area contributed by atoms with E-state index in [0.29, 0.717) is 0 Å². The Morgan fingerprint density at radius 3 is 1.85 bits per heavy atom. The third kappa shape index (κ3) is 5.60. The van der Waals surface area contributed by atoms with Gasteiger partial charge in [-0.1, -0.05) is 60.7 Å². The molecule has 9 nitrogen and oxygen atoms in total. The number of carbonyl (C=O) groups is 4. The summed E-state index contributed by atoms with van der Waals surface area (Å²) >= 11 is 0. The molecule has 1 aliphatic heterocycles. The van der Waals surface area contributed by atoms with Crippen molar-refractivity contribution in [1.82, 2.24) is 15.8 Å². The SMILES string of the molecule is CC(C)(C)OC(=O)C[C@@H](CNN1C(=O)c2ccccc2C1=O)NC(=O)OCC1c2ccccc2-c2ccccc21. The molecule has 0 aromatic heterocycles. The number of nitrogens with one attached hydrogen (secondary N) is 2. The Morgan fingerprint density at radius 2 is 1.32 bits per heavy atom. The van der Waals surface area contributed by atoms with Crippen molar-refractivity contribution in [3.8, 4) is 11.1 Å². The van der Waals surface area contributed by atoms with Gasteiger partial charge in [-0.25, -0.2) is 15.2 Å². The van der Waals surface area contributed by atoms with Crippen molar-refractivity contribution in [2.45, 2.75) is 44.8 Å². The Kier molecular flexibility index (Phi) is 7.40. The summed E-state index contributed by atoms with van der Waals surface area (Å²) < 4.78 is 11.1. The van der Waals surface area contributed by atoms with Crippen LogP contribution >= 0.6 is 0 Å². The summed E-state index contributed by atoms with van der Waals surface area (Å²) in [5.41, 5.74) is 7.01. The molecule has 0 radical (unpaired) electrons. The molecule has 40 heavy (non-hydrogen) atoms. The first-order valence-electron chi connectivity index (χ1n) is 13.2. The van der Waals surface area contributed by atoms with Gasteiger partial charge in [0, 0.05) is 12.5 Å². The molecule has 3 amide bonds. The predicted molar refractivity (Wildman–Crippen MR) is 147 cm³/mol. The monoisotopic (exact) mass is 541 g/mol. The molecule has 2 aliphatic rings. The Labute approximate surface area is 232 Å². The third-order valence-electron chi connectivity index (χ3n) is 6.79. The molecule has 1 atom stereocenters. The fourth-order valence-corrected chi connectivity index (χ4v) is 5.10. The summed E-state index contributed by atoms with van der Waals surface area (Å²) in [5.74, 6) is -1.67. The molecule has 0 saturated heterocycles. The maximum Gasteiger partial charge on any atom is 0.407 e. The average Bonchev–Trinajstić information content (AvgIpc) is 3.36. The molecule has 2 N–H and O–H groups in total. The summed E-state index contributed by atoms with van der Waals surface area (Å²) in [7, 11) is 0. The van der Waals surface area contributed by atoms with Crippen LogP contribution in [0.1, 0.15) is 65.0 Å². The summed E-state index contributed by atoms with van der Waals surface area (Å²) in [6.45, 7) is 5.25. The number of fused-ring (bicyclic) bond motifs is 4. The quantitative estimate of drug-likeness (QED) is 0.320. The van der Waals surface area contributed by atoms with Gasteiger partial charge in [0.1, 0.15) is 12.2 Å². The lowest BCUT2D eigenvalue weighted by Crippen LogP contribution is -2.51. The number of hydrogen-bond donors (Lipinski definition) is 2. The molecule has 1 heterocycles. The minimum Gasteiger partial charge on any atom is -0.460 e. The lowest BCUT2D eigenvalue weighted by atomic mass is 9.98. The number of hydrazine groups is 1. The van der Waals surface area contributed by atoms with E-state index in [1.165, 1.54) is 0 Å². The van der Waals surface area contributed by atoms with Crippen molar-refractivity contribution in [2.24, 2.45) is 0 Å². The van der Waals surface area contributed by atoms with Crippen LogP contribution in [0.25, 0.3) is 11.1 Å². The average molecular weight is 542 g/mol. The summed E-state index contributed by atoms with van der Waals surface area (Å²) in [4.78, 5) is 51.0. The molecule has 9 heteroatoms. The van der Waals surface area contributed by atoms with Gasteiger partial charge in [0.15, 0.2) is 0 Å². The van der Waals surface area contributed by atoms with Crippen molar-refractivity contribution in [1.29, 1.82) is 0 Å². The van der Waals surface area contributed by atoms with Gasteiger partial charge >= 0.3 is 12.1 Å². The highest BCUT2D eigenvalue weighted by Crippen LogP contribution is 2.44. The highest BCUT2D eigenvalue weighted by atomic mass is 16.6.